The van der Waals surface area contributed by atoms with E-state index in [1.807, 2.05) is 21.1 Å². The lowest BCUT2D eigenvalue weighted by Crippen LogP contribution is -2.44. The van der Waals surface area contributed by atoms with Gasteiger partial charge in [-0.15, -0.1) is 0 Å². The van der Waals surface area contributed by atoms with E-state index in [1.54, 1.807) is 0 Å². The van der Waals surface area contributed by atoms with E-state index in [4.69, 9.17) is 9.84 Å². The Kier molecular flexibility index (Phi) is 16.1. The Balaban J connectivity index is 3.46. The number of aliphatic hydroxyl groups excluding tert-OH is 1. The van der Waals surface area contributed by atoms with E-state index in [1.165, 1.54) is 51.4 Å². The molecular formula is C21H43NO4. The lowest BCUT2D eigenvalue weighted by Gasteiger charge is -2.29. The maximum absolute atomic E-state index is 10.8. The third-order valence-electron chi connectivity index (χ3n) is 4.55. The minimum absolute atomic E-state index is 0.0183. The third kappa shape index (κ3) is 19.7. The molecule has 0 rings (SSSR count). The van der Waals surface area contributed by atoms with Gasteiger partial charge in [0.15, 0.2) is 0 Å². The Labute approximate surface area is 161 Å². The average molecular weight is 374 g/mol. The number of ether oxygens (including phenoxy) is 1. The molecule has 1 unspecified atom stereocenters. The topological polar surface area (TPSA) is 69.6 Å². The molecule has 0 radical (unpaired) electrons. The van der Waals surface area contributed by atoms with Gasteiger partial charge in [0.1, 0.15) is 12.6 Å². The van der Waals surface area contributed by atoms with E-state index in [2.05, 4.69) is 0 Å². The summed E-state index contributed by atoms with van der Waals surface area (Å²) in [5, 5.41) is 19.6. The Hall–Kier alpha value is -0.650. The fourth-order valence-electron chi connectivity index (χ4n) is 3.20. The van der Waals surface area contributed by atoms with Crippen LogP contribution in [0, 0.1) is 0 Å². The molecule has 0 aromatic carbocycles. The van der Waals surface area contributed by atoms with Crippen LogP contribution in [0.4, 0.5) is 0 Å². The number of unbranched alkanes of at least 4 members (excludes halogenated alkanes) is 11. The number of nitrogens with zero attached hydrogens (tertiary/aromatic N) is 1. The van der Waals surface area contributed by atoms with Crippen LogP contribution in [0.5, 0.6) is 0 Å². The van der Waals surface area contributed by atoms with Crippen LogP contribution in [0.3, 0.4) is 0 Å². The number of hydrogen-bond donors (Lipinski definition) is 1. The molecule has 0 spiro atoms. The van der Waals surface area contributed by atoms with Crippen molar-refractivity contribution in [1.29, 1.82) is 0 Å². The Morgan fingerprint density at radius 3 is 1.65 bits per heavy atom. The van der Waals surface area contributed by atoms with E-state index in [-0.39, 0.29) is 12.5 Å². The second-order valence-electron chi connectivity index (χ2n) is 8.51. The van der Waals surface area contributed by atoms with Gasteiger partial charge in [-0.25, -0.2) is 0 Å². The van der Waals surface area contributed by atoms with Crippen LogP contribution in [0.2, 0.25) is 0 Å². The number of likely N-dealkylation sites (N-methyl/N-ethyl adjacent to an activating group) is 1. The monoisotopic (exact) mass is 373 g/mol. The predicted octanol–water partition coefficient (Wildman–Crippen LogP) is 2.89. The molecule has 0 aliphatic rings. The molecule has 0 saturated carbocycles. The first-order valence-electron chi connectivity index (χ1n) is 10.6. The van der Waals surface area contributed by atoms with Crippen molar-refractivity contribution in [2.75, 3.05) is 40.9 Å². The van der Waals surface area contributed by atoms with Crippen LogP contribution >= 0.6 is 0 Å². The molecule has 1 atom stereocenters. The molecule has 0 bridgehead atoms. The normalized spacial score (nSPS) is 13.1. The van der Waals surface area contributed by atoms with Gasteiger partial charge in [-0.1, -0.05) is 64.2 Å². The van der Waals surface area contributed by atoms with Gasteiger partial charge in [0.2, 0.25) is 0 Å². The van der Waals surface area contributed by atoms with Gasteiger partial charge < -0.3 is 24.2 Å². The number of carbonyl (C=O) groups excluding carboxylic acids is 1. The van der Waals surface area contributed by atoms with Crippen LogP contribution < -0.4 is 5.11 Å². The maximum Gasteiger partial charge on any atom is 0.112 e. The number of carboxylic acid groups (broad SMARTS) is 1. The second kappa shape index (κ2) is 16.5. The van der Waals surface area contributed by atoms with Gasteiger partial charge in [-0.05, 0) is 12.8 Å². The van der Waals surface area contributed by atoms with E-state index >= 15 is 0 Å². The number of hydrogen-bond acceptors (Lipinski definition) is 4. The summed E-state index contributed by atoms with van der Waals surface area (Å²) >= 11 is 0. The van der Waals surface area contributed by atoms with Crippen molar-refractivity contribution in [3.63, 3.8) is 0 Å². The number of quaternary nitrogens is 1. The highest BCUT2D eigenvalue weighted by molar-refractivity contribution is 5.64. The summed E-state index contributed by atoms with van der Waals surface area (Å²) in [5.74, 6) is -1.03. The van der Waals surface area contributed by atoms with Crippen molar-refractivity contribution in [3.05, 3.63) is 0 Å². The van der Waals surface area contributed by atoms with Crippen LogP contribution in [-0.2, 0) is 9.53 Å². The number of aliphatic carboxylic acids is 1. The Bertz CT molecular complexity index is 328. The molecule has 0 aromatic heterocycles. The van der Waals surface area contributed by atoms with Crippen molar-refractivity contribution < 1.29 is 24.2 Å². The third-order valence-corrected chi connectivity index (χ3v) is 4.55. The molecule has 1 N–H and O–H groups in total. The van der Waals surface area contributed by atoms with Crippen molar-refractivity contribution in [2.24, 2.45) is 0 Å². The van der Waals surface area contributed by atoms with E-state index < -0.39 is 5.97 Å². The van der Waals surface area contributed by atoms with Gasteiger partial charge in [0.05, 0.1) is 21.1 Å². The Morgan fingerprint density at radius 2 is 1.27 bits per heavy atom. The van der Waals surface area contributed by atoms with Crippen molar-refractivity contribution in [1.82, 2.24) is 0 Å². The molecule has 26 heavy (non-hydrogen) atoms. The molecular weight excluding hydrogens is 330 g/mol. The standard InChI is InChI=1S/C21H43NO4/c1-22(2,3)19-20(18-21(24)25)26-17-15-13-11-9-7-5-4-6-8-10-12-14-16-23/h20,23H,4-19H2,1-3H3. The second-order valence-corrected chi connectivity index (χ2v) is 8.51. The summed E-state index contributed by atoms with van der Waals surface area (Å²) in [5.41, 5.74) is 0. The maximum atomic E-state index is 10.8. The molecule has 0 aliphatic heterocycles. The van der Waals surface area contributed by atoms with E-state index in [0.29, 0.717) is 24.2 Å². The quantitative estimate of drug-likeness (QED) is 0.279. The lowest BCUT2D eigenvalue weighted by molar-refractivity contribution is -0.873. The number of carboxylic acids is 1. The van der Waals surface area contributed by atoms with Gasteiger partial charge >= 0.3 is 0 Å². The van der Waals surface area contributed by atoms with Gasteiger partial charge in [0, 0.05) is 25.6 Å². The molecule has 0 heterocycles. The first-order valence-corrected chi connectivity index (χ1v) is 10.6. The minimum Gasteiger partial charge on any atom is -0.550 e. The fraction of sp³-hybridized carbons (Fsp3) is 0.952. The number of aliphatic hydroxyl groups is 1. The predicted molar refractivity (Wildman–Crippen MR) is 105 cm³/mol. The highest BCUT2D eigenvalue weighted by atomic mass is 16.5. The first kappa shape index (κ1) is 25.4. The highest BCUT2D eigenvalue weighted by Crippen LogP contribution is 2.12. The zero-order valence-corrected chi connectivity index (χ0v) is 17.5. The van der Waals surface area contributed by atoms with Crippen LogP contribution in [0.15, 0.2) is 0 Å². The summed E-state index contributed by atoms with van der Waals surface area (Å²) < 4.78 is 6.47. The largest absolute Gasteiger partial charge is 0.550 e. The molecule has 0 amide bonds. The minimum atomic E-state index is -1.03. The zero-order chi connectivity index (χ0) is 19.7. The summed E-state index contributed by atoms with van der Waals surface area (Å²) in [6.07, 6.45) is 14.4. The van der Waals surface area contributed by atoms with Gasteiger partial charge in [-0.3, -0.25) is 0 Å². The molecule has 156 valence electrons. The number of rotatable bonds is 19. The van der Waals surface area contributed by atoms with Crippen LogP contribution in [0.25, 0.3) is 0 Å². The summed E-state index contributed by atoms with van der Waals surface area (Å²) in [7, 11) is 6.13. The number of carbonyl (C=O) groups is 1. The SMILES string of the molecule is C[N+](C)(C)CC(CC(=O)[O-])OCCCCCCCCCCCCCCO. The van der Waals surface area contributed by atoms with Crippen molar-refractivity contribution in [3.8, 4) is 0 Å². The molecule has 0 aliphatic carbocycles. The van der Waals surface area contributed by atoms with Gasteiger partial charge in [0.25, 0.3) is 0 Å². The van der Waals surface area contributed by atoms with Crippen LogP contribution in [0.1, 0.15) is 83.5 Å². The van der Waals surface area contributed by atoms with E-state index in [0.717, 1.165) is 25.7 Å². The average Bonchev–Trinajstić information content (AvgIpc) is 2.53. The van der Waals surface area contributed by atoms with E-state index in [9.17, 15) is 9.90 Å². The fourth-order valence-corrected chi connectivity index (χ4v) is 3.20. The molecule has 5 nitrogen and oxygen atoms in total. The molecule has 0 aromatic rings. The molecule has 5 heteroatoms. The van der Waals surface area contributed by atoms with Gasteiger partial charge in [-0.2, -0.15) is 0 Å². The Morgan fingerprint density at radius 1 is 0.846 bits per heavy atom. The first-order chi connectivity index (χ1) is 12.3. The smallest absolute Gasteiger partial charge is 0.112 e. The zero-order valence-electron chi connectivity index (χ0n) is 17.5. The highest BCUT2D eigenvalue weighted by Gasteiger charge is 2.18. The molecule has 0 saturated heterocycles. The molecule has 0 fully saturated rings. The van der Waals surface area contributed by atoms with Crippen molar-refractivity contribution >= 4 is 5.97 Å². The van der Waals surface area contributed by atoms with Crippen LogP contribution in [-0.4, -0.2) is 62.6 Å². The van der Waals surface area contributed by atoms with Crippen molar-refractivity contribution in [2.45, 2.75) is 89.6 Å². The lowest BCUT2D eigenvalue weighted by atomic mass is 10.1. The summed E-state index contributed by atoms with van der Waals surface area (Å²) in [6, 6.07) is 0. The summed E-state index contributed by atoms with van der Waals surface area (Å²) in [6.45, 7) is 1.66. The summed E-state index contributed by atoms with van der Waals surface area (Å²) in [4.78, 5) is 10.8.